The summed E-state index contributed by atoms with van der Waals surface area (Å²) in [6.07, 6.45) is 48.2. The predicted molar refractivity (Wildman–Crippen MR) is 277 cm³/mol. The number of imidazole rings is 1. The number of aldehydes is 2. The van der Waals surface area contributed by atoms with Crippen molar-refractivity contribution in [2.45, 2.75) is 265 Å². The number of methoxy groups -OCH3 is 2. The van der Waals surface area contributed by atoms with Crippen LogP contribution in [0.1, 0.15) is 252 Å². The van der Waals surface area contributed by atoms with Crippen molar-refractivity contribution in [2.24, 2.45) is 0 Å². The van der Waals surface area contributed by atoms with Gasteiger partial charge in [0.1, 0.15) is 12.6 Å². The fraction of sp³-hybridized carbons (Fsp3) is 0.870. The second kappa shape index (κ2) is 49.3. The molecular formula is C54H104N6O5. The van der Waals surface area contributed by atoms with Crippen molar-refractivity contribution in [3.05, 3.63) is 16.7 Å². The minimum atomic E-state index is -0.220. The lowest BCUT2D eigenvalue weighted by Crippen LogP contribution is -2.28. The monoisotopic (exact) mass is 917 g/mol. The smallest absolute Gasteiger partial charge is 0.278 e. The maximum atomic E-state index is 12.0. The van der Waals surface area contributed by atoms with E-state index in [0.717, 1.165) is 77.3 Å². The SMILES string of the molecule is CCCCCCCCC(CC)OC.CCCCCCCCC(CCCCCCCC)OC.O=CCCCCCCCN(CCCCCCCC=O)CCCNc1nc2nc[nH]c2c(=O)[nH]1. The summed E-state index contributed by atoms with van der Waals surface area (Å²) in [7, 11) is 3.71. The van der Waals surface area contributed by atoms with E-state index >= 15 is 0 Å². The normalized spacial score (nSPS) is 11.7. The third-order valence-electron chi connectivity index (χ3n) is 12.6. The lowest BCUT2D eigenvalue weighted by atomic mass is 10.0. The van der Waals surface area contributed by atoms with Crippen molar-refractivity contribution < 1.29 is 19.1 Å². The molecule has 0 aliphatic rings. The standard InChI is InChI=1S/C24H40N6O3.C18H38O.C12H26O/c31-18-11-7-3-1-5-9-15-30(16-10-6-2-4-8-12-19-32)17-13-14-25-24-28-22-21(23(33)29-24)26-20-27-22;1-4-6-8-10-12-14-16-18(19-3)17-15-13-11-9-7-5-2;1-4-6-7-8-9-10-11-12(5-2)13-3/h18-20H,1-17H2,(H3,25,26,27,28,29,33);18H,4-17H2,1-3H3;12H,4-11H2,1-3H3. The highest BCUT2D eigenvalue weighted by Gasteiger charge is 2.09. The molecule has 0 bridgehead atoms. The molecule has 0 amide bonds. The average molecular weight is 917 g/mol. The van der Waals surface area contributed by atoms with Gasteiger partial charge in [-0.2, -0.15) is 4.98 Å². The molecular weight excluding hydrogens is 813 g/mol. The fourth-order valence-electron chi connectivity index (χ4n) is 8.28. The molecule has 0 saturated carbocycles. The second-order valence-electron chi connectivity index (χ2n) is 18.4. The van der Waals surface area contributed by atoms with Crippen molar-refractivity contribution in [2.75, 3.05) is 45.7 Å². The number of aromatic nitrogens is 4. The van der Waals surface area contributed by atoms with Gasteiger partial charge in [0.15, 0.2) is 11.2 Å². The van der Waals surface area contributed by atoms with Crippen molar-refractivity contribution in [1.29, 1.82) is 0 Å². The van der Waals surface area contributed by atoms with Crippen LogP contribution in [0.25, 0.3) is 11.2 Å². The summed E-state index contributed by atoms with van der Waals surface area (Å²) in [5.41, 5.74) is 0.594. The topological polar surface area (TPSA) is 142 Å². The Morgan fingerprint density at radius 2 is 0.985 bits per heavy atom. The van der Waals surface area contributed by atoms with Crippen LogP contribution in [0.4, 0.5) is 5.95 Å². The molecule has 11 nitrogen and oxygen atoms in total. The molecule has 0 radical (unpaired) electrons. The Kier molecular flexibility index (Phi) is 47.3. The van der Waals surface area contributed by atoms with E-state index < -0.39 is 0 Å². The maximum Gasteiger partial charge on any atom is 0.278 e. The minimum Gasteiger partial charge on any atom is -0.381 e. The summed E-state index contributed by atoms with van der Waals surface area (Å²) in [5, 5.41) is 3.21. The van der Waals surface area contributed by atoms with Crippen LogP contribution in [0.2, 0.25) is 0 Å². The van der Waals surface area contributed by atoms with Crippen molar-refractivity contribution in [3.63, 3.8) is 0 Å². The Labute approximate surface area is 399 Å². The average Bonchev–Trinajstić information content (AvgIpc) is 3.81. The van der Waals surface area contributed by atoms with Crippen LogP contribution in [0.5, 0.6) is 0 Å². The van der Waals surface area contributed by atoms with Gasteiger partial charge in [0.25, 0.3) is 5.56 Å². The molecule has 0 fully saturated rings. The molecule has 11 heteroatoms. The largest absolute Gasteiger partial charge is 0.381 e. The fourth-order valence-corrected chi connectivity index (χ4v) is 8.28. The van der Waals surface area contributed by atoms with E-state index in [-0.39, 0.29) is 5.56 Å². The van der Waals surface area contributed by atoms with Gasteiger partial charge in [-0.05, 0) is 77.4 Å². The Morgan fingerprint density at radius 3 is 1.43 bits per heavy atom. The van der Waals surface area contributed by atoms with Crippen LogP contribution in [-0.2, 0) is 19.1 Å². The molecule has 0 aliphatic heterocycles. The molecule has 0 spiro atoms. The van der Waals surface area contributed by atoms with Gasteiger partial charge in [0, 0.05) is 33.6 Å². The Hall–Kier alpha value is -2.63. The zero-order valence-electron chi connectivity index (χ0n) is 43.3. The number of nitrogens with one attached hydrogen (secondary N) is 3. The summed E-state index contributed by atoms with van der Waals surface area (Å²) < 4.78 is 10.9. The van der Waals surface area contributed by atoms with Crippen LogP contribution in [0.3, 0.4) is 0 Å². The van der Waals surface area contributed by atoms with Crippen LogP contribution in [0.15, 0.2) is 11.1 Å². The van der Waals surface area contributed by atoms with E-state index in [1.165, 1.54) is 180 Å². The number of carbonyl (C=O) groups is 2. The number of unbranched alkanes of at least 4 members (excludes halogenated alkanes) is 25. The number of ether oxygens (including phenoxy) is 2. The molecule has 1 unspecified atom stereocenters. The highest BCUT2D eigenvalue weighted by molar-refractivity contribution is 5.69. The molecule has 380 valence electrons. The van der Waals surface area contributed by atoms with Crippen LogP contribution < -0.4 is 10.9 Å². The zero-order valence-corrected chi connectivity index (χ0v) is 43.3. The predicted octanol–water partition coefficient (Wildman–Crippen LogP) is 14.5. The first-order valence-electron chi connectivity index (χ1n) is 27.3. The van der Waals surface area contributed by atoms with Crippen molar-refractivity contribution in [1.82, 2.24) is 24.8 Å². The summed E-state index contributed by atoms with van der Waals surface area (Å²) in [6.45, 7) is 12.9. The molecule has 0 aromatic carbocycles. The first-order valence-corrected chi connectivity index (χ1v) is 27.3. The van der Waals surface area contributed by atoms with Gasteiger partial charge in [-0.25, -0.2) is 4.98 Å². The third kappa shape index (κ3) is 39.1. The Bertz CT molecular complexity index is 1300. The number of H-pyrrole nitrogens is 2. The Morgan fingerprint density at radius 1 is 0.569 bits per heavy atom. The first kappa shape index (κ1) is 62.4. The number of anilines is 1. The zero-order chi connectivity index (χ0) is 47.7. The second-order valence-corrected chi connectivity index (χ2v) is 18.4. The van der Waals surface area contributed by atoms with Gasteiger partial charge in [-0.1, -0.05) is 182 Å². The van der Waals surface area contributed by atoms with E-state index in [2.05, 4.69) is 57.8 Å². The lowest BCUT2D eigenvalue weighted by Gasteiger charge is -2.22. The number of carbonyl (C=O) groups excluding carboxylic acids is 2. The summed E-state index contributed by atoms with van der Waals surface area (Å²) >= 11 is 0. The minimum absolute atomic E-state index is 0.220. The van der Waals surface area contributed by atoms with E-state index in [1.54, 1.807) is 0 Å². The van der Waals surface area contributed by atoms with Crippen LogP contribution >= 0.6 is 0 Å². The first-order chi connectivity index (χ1) is 31.9. The van der Waals surface area contributed by atoms with Gasteiger partial charge in [0.2, 0.25) is 5.95 Å². The van der Waals surface area contributed by atoms with Crippen molar-refractivity contribution >= 4 is 29.7 Å². The van der Waals surface area contributed by atoms with Crippen molar-refractivity contribution in [3.8, 4) is 0 Å². The van der Waals surface area contributed by atoms with Gasteiger partial charge in [-0.3, -0.25) is 9.78 Å². The highest BCUT2D eigenvalue weighted by Crippen LogP contribution is 2.17. The molecule has 65 heavy (non-hydrogen) atoms. The highest BCUT2D eigenvalue weighted by atomic mass is 16.5. The molecule has 0 saturated heterocycles. The number of fused-ring (bicyclic) bond motifs is 1. The molecule has 2 aromatic rings. The van der Waals surface area contributed by atoms with Gasteiger partial charge < -0.3 is 34.3 Å². The van der Waals surface area contributed by atoms with Gasteiger partial charge >= 0.3 is 0 Å². The van der Waals surface area contributed by atoms with E-state index in [0.29, 0.717) is 42.2 Å². The third-order valence-corrected chi connectivity index (χ3v) is 12.6. The maximum absolute atomic E-state index is 12.0. The molecule has 2 rings (SSSR count). The quantitative estimate of drug-likeness (QED) is 0.0437. The summed E-state index contributed by atoms with van der Waals surface area (Å²) in [4.78, 5) is 49.3. The van der Waals surface area contributed by atoms with Crippen LogP contribution in [0, 0.1) is 0 Å². The van der Waals surface area contributed by atoms with E-state index in [1.807, 2.05) is 14.2 Å². The number of hydrogen-bond donors (Lipinski definition) is 3. The van der Waals surface area contributed by atoms with Crippen LogP contribution in [-0.4, -0.2) is 90.0 Å². The lowest BCUT2D eigenvalue weighted by molar-refractivity contribution is -0.108. The molecule has 1 atom stereocenters. The van der Waals surface area contributed by atoms with Gasteiger partial charge in [-0.15, -0.1) is 0 Å². The number of hydrogen-bond acceptors (Lipinski definition) is 9. The molecule has 0 aliphatic carbocycles. The number of nitrogens with zero attached hydrogens (tertiary/aromatic N) is 3. The van der Waals surface area contributed by atoms with E-state index in [9.17, 15) is 14.4 Å². The number of aromatic amines is 2. The van der Waals surface area contributed by atoms with E-state index in [4.69, 9.17) is 9.47 Å². The summed E-state index contributed by atoms with van der Waals surface area (Å²) in [5.74, 6) is 0.455. The Balaban J connectivity index is 0.00000108. The van der Waals surface area contributed by atoms with Gasteiger partial charge in [0.05, 0.1) is 18.5 Å². The molecule has 3 N–H and O–H groups in total. The number of rotatable bonds is 45. The summed E-state index contributed by atoms with van der Waals surface area (Å²) in [6, 6.07) is 0. The molecule has 2 heterocycles. The molecule has 2 aromatic heterocycles.